The third kappa shape index (κ3) is 11.6. The van der Waals surface area contributed by atoms with Crippen molar-refractivity contribution in [3.05, 3.63) is 0 Å². The number of unbranched alkanes of at least 4 members (excludes halogenated alkanes) is 2. The highest BCUT2D eigenvalue weighted by atomic mass is 16.4. The zero-order chi connectivity index (χ0) is 24.0. The van der Waals surface area contributed by atoms with Crippen molar-refractivity contribution < 1.29 is 29.4 Å². The van der Waals surface area contributed by atoms with E-state index in [0.717, 1.165) is 0 Å². The Bertz CT molecular complexity index is 588. The van der Waals surface area contributed by atoms with Crippen LogP contribution in [-0.2, 0) is 19.2 Å². The van der Waals surface area contributed by atoms with E-state index in [2.05, 4.69) is 16.0 Å². The number of nitrogens with two attached hydrogens (primary N) is 3. The number of carbonyl (C=O) groups excluding carboxylic acids is 3. The van der Waals surface area contributed by atoms with Gasteiger partial charge in [0.05, 0.1) is 6.10 Å². The Labute approximate surface area is 182 Å². The number of carbonyl (C=O) groups is 4. The first-order valence-electron chi connectivity index (χ1n) is 10.5. The Balaban J connectivity index is 5.33. The highest BCUT2D eigenvalue weighted by Gasteiger charge is 2.29. The fraction of sp³-hybridized carbons (Fsp3) is 0.789. The molecule has 5 unspecified atom stereocenters. The summed E-state index contributed by atoms with van der Waals surface area (Å²) in [6.45, 7) is 3.48. The minimum Gasteiger partial charge on any atom is -0.480 e. The Kier molecular flexibility index (Phi) is 14.4. The van der Waals surface area contributed by atoms with E-state index in [0.29, 0.717) is 38.8 Å². The molecule has 0 saturated heterocycles. The topological polar surface area (TPSA) is 223 Å². The van der Waals surface area contributed by atoms with Gasteiger partial charge in [-0.05, 0) is 65.5 Å². The number of aliphatic carboxylic acids is 1. The molecule has 11 N–H and O–H groups in total. The van der Waals surface area contributed by atoms with Crippen molar-refractivity contribution in [2.24, 2.45) is 17.2 Å². The number of nitrogens with one attached hydrogen (secondary N) is 3. The molecule has 0 aromatic carbocycles. The largest absolute Gasteiger partial charge is 0.480 e. The van der Waals surface area contributed by atoms with Crippen molar-refractivity contribution in [2.75, 3.05) is 13.1 Å². The normalized spacial score (nSPS) is 15.8. The SMILES string of the molecule is CC(NC(=O)C(CCCCN)NC(=O)C(CCCCN)NC(=O)C(N)C(C)O)C(=O)O. The fourth-order valence-electron chi connectivity index (χ4n) is 2.66. The smallest absolute Gasteiger partial charge is 0.325 e. The second-order valence-corrected chi connectivity index (χ2v) is 7.53. The average Bonchev–Trinajstić information content (AvgIpc) is 2.71. The molecule has 180 valence electrons. The molecule has 0 heterocycles. The number of aliphatic hydroxyl groups excluding tert-OH is 1. The summed E-state index contributed by atoms with van der Waals surface area (Å²) in [5, 5.41) is 25.9. The molecule has 0 radical (unpaired) electrons. The van der Waals surface area contributed by atoms with Gasteiger partial charge in [0.1, 0.15) is 24.2 Å². The van der Waals surface area contributed by atoms with Crippen LogP contribution in [0.4, 0.5) is 0 Å². The predicted molar refractivity (Wildman–Crippen MR) is 115 cm³/mol. The number of carboxylic acid groups (broad SMARTS) is 1. The molecular formula is C19H38N6O6. The molecule has 0 aliphatic heterocycles. The molecule has 0 fully saturated rings. The lowest BCUT2D eigenvalue weighted by atomic mass is 10.0. The van der Waals surface area contributed by atoms with Crippen LogP contribution in [0.25, 0.3) is 0 Å². The zero-order valence-corrected chi connectivity index (χ0v) is 18.3. The number of amides is 3. The third-order valence-electron chi connectivity index (χ3n) is 4.71. The molecular weight excluding hydrogens is 408 g/mol. The number of aliphatic hydroxyl groups is 1. The third-order valence-corrected chi connectivity index (χ3v) is 4.71. The van der Waals surface area contributed by atoms with Crippen LogP contribution in [0.5, 0.6) is 0 Å². The van der Waals surface area contributed by atoms with Gasteiger partial charge in [0.15, 0.2) is 0 Å². The Morgan fingerprint density at radius 1 is 0.774 bits per heavy atom. The second kappa shape index (κ2) is 15.5. The van der Waals surface area contributed by atoms with Gasteiger partial charge in [0.2, 0.25) is 17.7 Å². The first kappa shape index (κ1) is 28.7. The van der Waals surface area contributed by atoms with E-state index in [1.165, 1.54) is 13.8 Å². The van der Waals surface area contributed by atoms with Gasteiger partial charge >= 0.3 is 5.97 Å². The number of rotatable bonds is 16. The maximum Gasteiger partial charge on any atom is 0.325 e. The van der Waals surface area contributed by atoms with Crippen molar-refractivity contribution in [3.8, 4) is 0 Å². The van der Waals surface area contributed by atoms with Gasteiger partial charge in [-0.25, -0.2) is 0 Å². The Morgan fingerprint density at radius 3 is 1.58 bits per heavy atom. The highest BCUT2D eigenvalue weighted by molar-refractivity contribution is 5.94. The second-order valence-electron chi connectivity index (χ2n) is 7.53. The maximum absolute atomic E-state index is 12.9. The van der Waals surface area contributed by atoms with Crippen LogP contribution in [0.15, 0.2) is 0 Å². The average molecular weight is 447 g/mol. The van der Waals surface area contributed by atoms with Gasteiger partial charge < -0.3 is 43.4 Å². The van der Waals surface area contributed by atoms with E-state index in [4.69, 9.17) is 22.3 Å². The molecule has 0 bridgehead atoms. The van der Waals surface area contributed by atoms with Crippen LogP contribution >= 0.6 is 0 Å². The van der Waals surface area contributed by atoms with Crippen LogP contribution in [0.3, 0.4) is 0 Å². The quantitative estimate of drug-likeness (QED) is 0.117. The number of hydrogen-bond donors (Lipinski definition) is 8. The van der Waals surface area contributed by atoms with Gasteiger partial charge in [-0.3, -0.25) is 19.2 Å². The van der Waals surface area contributed by atoms with E-state index in [1.54, 1.807) is 0 Å². The lowest BCUT2D eigenvalue weighted by molar-refractivity contribution is -0.141. The molecule has 0 rings (SSSR count). The molecule has 12 nitrogen and oxygen atoms in total. The number of hydrogen-bond acceptors (Lipinski definition) is 8. The Morgan fingerprint density at radius 2 is 1.19 bits per heavy atom. The molecule has 12 heteroatoms. The molecule has 0 saturated carbocycles. The lowest BCUT2D eigenvalue weighted by Crippen LogP contribution is -2.57. The zero-order valence-electron chi connectivity index (χ0n) is 18.3. The molecule has 0 spiro atoms. The minimum absolute atomic E-state index is 0.248. The van der Waals surface area contributed by atoms with Crippen molar-refractivity contribution in [1.29, 1.82) is 0 Å². The summed E-state index contributed by atoms with van der Waals surface area (Å²) < 4.78 is 0. The van der Waals surface area contributed by atoms with Gasteiger partial charge in [-0.1, -0.05) is 0 Å². The summed E-state index contributed by atoms with van der Waals surface area (Å²) in [6, 6.07) is -4.35. The first-order valence-corrected chi connectivity index (χ1v) is 10.5. The molecule has 0 aliphatic rings. The summed E-state index contributed by atoms with van der Waals surface area (Å²) in [5.41, 5.74) is 16.6. The molecule has 3 amide bonds. The predicted octanol–water partition coefficient (Wildman–Crippen LogP) is -2.49. The van der Waals surface area contributed by atoms with Gasteiger partial charge in [0, 0.05) is 0 Å². The van der Waals surface area contributed by atoms with Crippen LogP contribution in [0, 0.1) is 0 Å². The molecule has 0 aromatic rings. The van der Waals surface area contributed by atoms with Crippen LogP contribution in [0.1, 0.15) is 52.4 Å². The lowest BCUT2D eigenvalue weighted by Gasteiger charge is -2.25. The van der Waals surface area contributed by atoms with Crippen molar-refractivity contribution in [3.63, 3.8) is 0 Å². The summed E-state index contributed by atoms with van der Waals surface area (Å²) in [5.74, 6) is -3.17. The van der Waals surface area contributed by atoms with Crippen molar-refractivity contribution in [2.45, 2.75) is 82.6 Å². The summed E-state index contributed by atoms with van der Waals surface area (Å²) in [7, 11) is 0. The highest BCUT2D eigenvalue weighted by Crippen LogP contribution is 2.06. The summed E-state index contributed by atoms with van der Waals surface area (Å²) in [4.78, 5) is 48.6. The first-order chi connectivity index (χ1) is 14.5. The summed E-state index contributed by atoms with van der Waals surface area (Å²) in [6.07, 6.45) is 1.71. The van der Waals surface area contributed by atoms with E-state index < -0.39 is 54.0 Å². The van der Waals surface area contributed by atoms with Crippen LogP contribution in [0.2, 0.25) is 0 Å². The van der Waals surface area contributed by atoms with Crippen LogP contribution in [-0.4, -0.2) is 77.3 Å². The molecule has 31 heavy (non-hydrogen) atoms. The standard InChI is InChI=1S/C19H38N6O6/c1-11(19(30)31)23-16(27)13(7-3-5-9-20)24-17(28)14(8-4-6-10-21)25-18(29)15(22)12(2)26/h11-15,26H,3-10,20-22H2,1-2H3,(H,23,27)(H,24,28)(H,25,29)(H,30,31). The summed E-state index contributed by atoms with van der Waals surface area (Å²) >= 11 is 0. The maximum atomic E-state index is 12.9. The Hall–Kier alpha value is -2.28. The van der Waals surface area contributed by atoms with Gasteiger partial charge in [0.25, 0.3) is 0 Å². The molecule has 5 atom stereocenters. The fourth-order valence-corrected chi connectivity index (χ4v) is 2.66. The van der Waals surface area contributed by atoms with E-state index in [9.17, 15) is 24.3 Å². The van der Waals surface area contributed by atoms with E-state index >= 15 is 0 Å². The minimum atomic E-state index is -1.22. The van der Waals surface area contributed by atoms with Crippen molar-refractivity contribution >= 4 is 23.7 Å². The van der Waals surface area contributed by atoms with E-state index in [1.807, 2.05) is 0 Å². The van der Waals surface area contributed by atoms with Crippen molar-refractivity contribution in [1.82, 2.24) is 16.0 Å². The number of carboxylic acids is 1. The van der Waals surface area contributed by atoms with Gasteiger partial charge in [-0.15, -0.1) is 0 Å². The monoisotopic (exact) mass is 446 g/mol. The van der Waals surface area contributed by atoms with E-state index in [-0.39, 0.29) is 12.8 Å². The molecule has 0 aliphatic carbocycles. The van der Waals surface area contributed by atoms with Gasteiger partial charge in [-0.2, -0.15) is 0 Å². The van der Waals surface area contributed by atoms with Crippen LogP contribution < -0.4 is 33.2 Å². The molecule has 0 aromatic heterocycles.